The van der Waals surface area contributed by atoms with Crippen LogP contribution in [0, 0.1) is 0 Å². The molecule has 0 saturated heterocycles. The van der Waals surface area contributed by atoms with Gasteiger partial charge in [-0.15, -0.1) is 0 Å². The number of para-hydroxylation sites is 1. The predicted octanol–water partition coefficient (Wildman–Crippen LogP) is 2.41. The largest absolute Gasteiger partial charge is 0.434 e. The molecule has 0 bridgehead atoms. The van der Waals surface area contributed by atoms with Crippen LogP contribution in [0.1, 0.15) is 12.0 Å². The molecule has 96 valence electrons. The van der Waals surface area contributed by atoms with Gasteiger partial charge < -0.3 is 14.8 Å². The number of hydrogen-bond acceptors (Lipinski definition) is 3. The number of halogens is 2. The number of hydrogen-bond donors (Lipinski definition) is 1. The highest BCUT2D eigenvalue weighted by atomic mass is 19.3. The van der Waals surface area contributed by atoms with E-state index in [1.165, 1.54) is 0 Å². The zero-order valence-electron chi connectivity index (χ0n) is 9.79. The number of alkyl halides is 2. The van der Waals surface area contributed by atoms with E-state index in [9.17, 15) is 8.78 Å². The Bertz CT molecular complexity index is 321. The monoisotopic (exact) mass is 245 g/mol. The van der Waals surface area contributed by atoms with E-state index in [0.29, 0.717) is 13.2 Å². The van der Waals surface area contributed by atoms with Crippen LogP contribution < -0.4 is 10.1 Å². The van der Waals surface area contributed by atoms with E-state index in [-0.39, 0.29) is 5.75 Å². The van der Waals surface area contributed by atoms with E-state index in [0.717, 1.165) is 18.5 Å². The molecular weight excluding hydrogens is 228 g/mol. The Balaban J connectivity index is 2.40. The van der Waals surface area contributed by atoms with Crippen molar-refractivity contribution in [1.29, 1.82) is 0 Å². The minimum atomic E-state index is -2.79. The Morgan fingerprint density at radius 3 is 2.76 bits per heavy atom. The molecule has 0 aromatic heterocycles. The fourth-order valence-corrected chi connectivity index (χ4v) is 1.43. The van der Waals surface area contributed by atoms with Gasteiger partial charge in [0, 0.05) is 25.8 Å². The summed E-state index contributed by atoms with van der Waals surface area (Å²) in [7, 11) is 1.64. The Morgan fingerprint density at radius 2 is 2.06 bits per heavy atom. The lowest BCUT2D eigenvalue weighted by Gasteiger charge is -2.11. The first-order valence-electron chi connectivity index (χ1n) is 5.46. The highest BCUT2D eigenvalue weighted by Gasteiger charge is 2.08. The van der Waals surface area contributed by atoms with Crippen LogP contribution in [-0.2, 0) is 11.3 Å². The van der Waals surface area contributed by atoms with Crippen molar-refractivity contribution in [3.05, 3.63) is 29.8 Å². The van der Waals surface area contributed by atoms with Crippen LogP contribution in [-0.4, -0.2) is 26.9 Å². The molecule has 5 heteroatoms. The Hall–Kier alpha value is -1.20. The molecule has 1 aromatic rings. The molecule has 1 N–H and O–H groups in total. The van der Waals surface area contributed by atoms with Crippen molar-refractivity contribution < 1.29 is 18.3 Å². The van der Waals surface area contributed by atoms with Crippen LogP contribution >= 0.6 is 0 Å². The molecule has 1 aromatic carbocycles. The number of ether oxygens (including phenoxy) is 2. The predicted molar refractivity (Wildman–Crippen MR) is 61.3 cm³/mol. The van der Waals surface area contributed by atoms with Crippen LogP contribution in [0.3, 0.4) is 0 Å². The maximum Gasteiger partial charge on any atom is 0.387 e. The molecule has 0 saturated carbocycles. The molecule has 1 rings (SSSR count). The quantitative estimate of drug-likeness (QED) is 0.713. The molecule has 0 atom stereocenters. The van der Waals surface area contributed by atoms with Gasteiger partial charge in [0.15, 0.2) is 0 Å². The number of methoxy groups -OCH3 is 1. The number of rotatable bonds is 8. The lowest BCUT2D eigenvalue weighted by molar-refractivity contribution is -0.0504. The van der Waals surface area contributed by atoms with Gasteiger partial charge in [-0.25, -0.2) is 0 Å². The highest BCUT2D eigenvalue weighted by molar-refractivity contribution is 5.33. The number of benzene rings is 1. The van der Waals surface area contributed by atoms with E-state index in [2.05, 4.69) is 10.1 Å². The molecule has 0 aliphatic carbocycles. The summed E-state index contributed by atoms with van der Waals surface area (Å²) in [4.78, 5) is 0. The third-order valence-electron chi connectivity index (χ3n) is 2.21. The molecule has 0 radical (unpaired) electrons. The minimum Gasteiger partial charge on any atom is -0.434 e. The number of nitrogens with one attached hydrogen (secondary N) is 1. The maximum atomic E-state index is 12.1. The van der Waals surface area contributed by atoms with Crippen molar-refractivity contribution in [1.82, 2.24) is 5.32 Å². The molecular formula is C12H17F2NO2. The van der Waals surface area contributed by atoms with E-state index in [1.807, 2.05) is 0 Å². The molecule has 0 aliphatic heterocycles. The summed E-state index contributed by atoms with van der Waals surface area (Å²) in [5.41, 5.74) is 0.727. The summed E-state index contributed by atoms with van der Waals surface area (Å²) in [5, 5.41) is 3.15. The molecule has 0 fully saturated rings. The highest BCUT2D eigenvalue weighted by Crippen LogP contribution is 2.19. The standard InChI is InChI=1S/C12H17F2NO2/c1-16-8-4-7-15-9-10-5-2-3-6-11(10)17-12(13)14/h2-3,5-6,12,15H,4,7-9H2,1H3. The van der Waals surface area contributed by atoms with Gasteiger partial charge in [-0.1, -0.05) is 18.2 Å². The average molecular weight is 245 g/mol. The van der Waals surface area contributed by atoms with Gasteiger partial charge in [-0.3, -0.25) is 0 Å². The molecule has 0 heterocycles. The molecule has 3 nitrogen and oxygen atoms in total. The second kappa shape index (κ2) is 7.97. The van der Waals surface area contributed by atoms with Gasteiger partial charge in [-0.05, 0) is 19.0 Å². The van der Waals surface area contributed by atoms with Crippen molar-refractivity contribution in [2.24, 2.45) is 0 Å². The molecule has 17 heavy (non-hydrogen) atoms. The van der Waals surface area contributed by atoms with Gasteiger partial charge in [0.25, 0.3) is 0 Å². The van der Waals surface area contributed by atoms with E-state index >= 15 is 0 Å². The Morgan fingerprint density at radius 1 is 1.29 bits per heavy atom. The fourth-order valence-electron chi connectivity index (χ4n) is 1.43. The average Bonchev–Trinajstić information content (AvgIpc) is 2.30. The summed E-state index contributed by atoms with van der Waals surface area (Å²) in [6, 6.07) is 6.77. The van der Waals surface area contributed by atoms with Crippen LogP contribution in [0.4, 0.5) is 8.78 Å². The van der Waals surface area contributed by atoms with E-state index in [1.54, 1.807) is 31.4 Å². The van der Waals surface area contributed by atoms with Crippen LogP contribution in [0.5, 0.6) is 5.75 Å². The van der Waals surface area contributed by atoms with E-state index < -0.39 is 6.61 Å². The SMILES string of the molecule is COCCCNCc1ccccc1OC(F)F. The molecule has 0 unspecified atom stereocenters. The summed E-state index contributed by atoms with van der Waals surface area (Å²) >= 11 is 0. The first-order valence-corrected chi connectivity index (χ1v) is 5.46. The Labute approximate surface area is 99.7 Å². The van der Waals surface area contributed by atoms with Crippen molar-refractivity contribution in [3.8, 4) is 5.75 Å². The van der Waals surface area contributed by atoms with Gasteiger partial charge in [0.1, 0.15) is 5.75 Å². The van der Waals surface area contributed by atoms with Crippen molar-refractivity contribution in [2.75, 3.05) is 20.3 Å². The summed E-state index contributed by atoms with van der Waals surface area (Å²) in [5.74, 6) is 0.224. The smallest absolute Gasteiger partial charge is 0.387 e. The van der Waals surface area contributed by atoms with Gasteiger partial charge >= 0.3 is 6.61 Å². The summed E-state index contributed by atoms with van der Waals surface area (Å²) in [6.07, 6.45) is 0.883. The zero-order valence-corrected chi connectivity index (χ0v) is 9.79. The zero-order chi connectivity index (χ0) is 12.5. The third-order valence-corrected chi connectivity index (χ3v) is 2.21. The van der Waals surface area contributed by atoms with Gasteiger partial charge in [0.2, 0.25) is 0 Å². The first kappa shape index (κ1) is 13.9. The topological polar surface area (TPSA) is 30.5 Å². The van der Waals surface area contributed by atoms with Crippen molar-refractivity contribution >= 4 is 0 Å². The van der Waals surface area contributed by atoms with Crippen molar-refractivity contribution in [2.45, 2.75) is 19.6 Å². The van der Waals surface area contributed by atoms with Crippen LogP contribution in [0.25, 0.3) is 0 Å². The fraction of sp³-hybridized carbons (Fsp3) is 0.500. The molecule has 0 amide bonds. The van der Waals surface area contributed by atoms with Gasteiger partial charge in [0.05, 0.1) is 0 Å². The summed E-state index contributed by atoms with van der Waals surface area (Å²) < 4.78 is 33.6. The second-order valence-corrected chi connectivity index (χ2v) is 3.51. The van der Waals surface area contributed by atoms with E-state index in [4.69, 9.17) is 4.74 Å². The van der Waals surface area contributed by atoms with Crippen molar-refractivity contribution in [3.63, 3.8) is 0 Å². The maximum absolute atomic E-state index is 12.1. The van der Waals surface area contributed by atoms with Crippen LogP contribution in [0.15, 0.2) is 24.3 Å². The van der Waals surface area contributed by atoms with Gasteiger partial charge in [-0.2, -0.15) is 8.78 Å². The third kappa shape index (κ3) is 5.60. The van der Waals surface area contributed by atoms with Crippen LogP contribution in [0.2, 0.25) is 0 Å². The minimum absolute atomic E-state index is 0.224. The molecule has 0 aliphatic rings. The molecule has 0 spiro atoms. The normalized spacial score (nSPS) is 10.8. The summed E-state index contributed by atoms with van der Waals surface area (Å²) in [6.45, 7) is -0.823. The lowest BCUT2D eigenvalue weighted by atomic mass is 10.2. The Kier molecular flexibility index (Phi) is 6.50. The lowest BCUT2D eigenvalue weighted by Crippen LogP contribution is -2.17. The second-order valence-electron chi connectivity index (χ2n) is 3.51. The first-order chi connectivity index (χ1) is 8.24.